The molecular weight excluding hydrogens is 468 g/mol. The van der Waals surface area contributed by atoms with Gasteiger partial charge in [-0.2, -0.15) is 0 Å². The topological polar surface area (TPSA) is 93.5 Å². The van der Waals surface area contributed by atoms with Crippen LogP contribution in [0.3, 0.4) is 0 Å². The van der Waals surface area contributed by atoms with Gasteiger partial charge in [0.2, 0.25) is 11.9 Å². The second kappa shape index (κ2) is 10.3. The Kier molecular flexibility index (Phi) is 6.78. The van der Waals surface area contributed by atoms with Crippen molar-refractivity contribution in [2.75, 3.05) is 42.8 Å². The number of methoxy groups -OCH3 is 2. The van der Waals surface area contributed by atoms with Crippen LogP contribution in [0.2, 0.25) is 0 Å². The van der Waals surface area contributed by atoms with Gasteiger partial charge in [-0.05, 0) is 30.7 Å². The van der Waals surface area contributed by atoms with Gasteiger partial charge in [-0.3, -0.25) is 4.79 Å². The molecular formula is C28H30N6O3. The van der Waals surface area contributed by atoms with Crippen LogP contribution in [-0.2, 0) is 16.6 Å². The van der Waals surface area contributed by atoms with E-state index in [1.54, 1.807) is 20.4 Å². The van der Waals surface area contributed by atoms with Crippen molar-refractivity contribution in [1.82, 2.24) is 14.5 Å². The Labute approximate surface area is 215 Å². The molecule has 0 bridgehead atoms. The number of anilines is 4. The monoisotopic (exact) mass is 498 g/mol. The van der Waals surface area contributed by atoms with Gasteiger partial charge in [0.05, 0.1) is 36.0 Å². The maximum atomic E-state index is 12.3. The van der Waals surface area contributed by atoms with E-state index in [1.165, 1.54) is 6.08 Å². The number of aryl methyl sites for hydroxylation is 1. The Morgan fingerprint density at radius 2 is 2.03 bits per heavy atom. The van der Waals surface area contributed by atoms with E-state index in [4.69, 9.17) is 14.5 Å². The van der Waals surface area contributed by atoms with Crippen LogP contribution in [0.25, 0.3) is 22.2 Å². The summed E-state index contributed by atoms with van der Waals surface area (Å²) in [5, 5.41) is 7.33. The smallest absolute Gasteiger partial charge is 0.247 e. The lowest BCUT2D eigenvalue weighted by Gasteiger charge is -2.24. The fourth-order valence-corrected chi connectivity index (χ4v) is 4.76. The first-order valence-electron chi connectivity index (χ1n) is 12.1. The van der Waals surface area contributed by atoms with E-state index in [9.17, 15) is 4.79 Å². The van der Waals surface area contributed by atoms with Gasteiger partial charge in [-0.1, -0.05) is 24.8 Å². The third-order valence-corrected chi connectivity index (χ3v) is 6.66. The number of carbonyl (C=O) groups is 1. The Morgan fingerprint density at radius 3 is 2.78 bits per heavy atom. The van der Waals surface area contributed by atoms with E-state index >= 15 is 0 Å². The molecule has 4 aromatic rings. The van der Waals surface area contributed by atoms with Crippen molar-refractivity contribution in [1.29, 1.82) is 0 Å². The summed E-state index contributed by atoms with van der Waals surface area (Å²) in [6.45, 7) is 5.12. The number of rotatable bonds is 8. The number of nitrogens with one attached hydrogen (secondary N) is 2. The standard InChI is InChI=1S/C28H30N6O3/c1-5-27(35)30-22-14-23(26(37-4)15-25(22)34-13-11-18(16-34)36-3)32-28-29-12-10-21(31-28)20-17-33(2)24-9-7-6-8-19(20)24/h5-10,12,14-15,17-18H,1,11,13,16H2,2-4H3,(H,30,35)(H,29,31,32). The molecule has 2 N–H and O–H groups in total. The highest BCUT2D eigenvalue weighted by Gasteiger charge is 2.26. The first kappa shape index (κ1) is 24.3. The number of amides is 1. The van der Waals surface area contributed by atoms with Crippen LogP contribution in [-0.4, -0.2) is 53.9 Å². The molecule has 0 spiro atoms. The molecule has 1 fully saturated rings. The van der Waals surface area contributed by atoms with Gasteiger partial charge >= 0.3 is 0 Å². The van der Waals surface area contributed by atoms with E-state index < -0.39 is 0 Å². The van der Waals surface area contributed by atoms with E-state index in [0.717, 1.165) is 47.4 Å². The van der Waals surface area contributed by atoms with E-state index in [1.807, 2.05) is 37.4 Å². The summed E-state index contributed by atoms with van der Waals surface area (Å²) in [6, 6.07) is 13.9. The summed E-state index contributed by atoms with van der Waals surface area (Å²) < 4.78 is 13.3. The third-order valence-electron chi connectivity index (χ3n) is 6.66. The van der Waals surface area contributed by atoms with E-state index in [2.05, 4.69) is 50.0 Å². The lowest BCUT2D eigenvalue weighted by Crippen LogP contribution is -2.24. The molecule has 1 atom stereocenters. The van der Waals surface area contributed by atoms with Gasteiger partial charge < -0.3 is 29.6 Å². The number of hydrogen-bond acceptors (Lipinski definition) is 7. The van der Waals surface area contributed by atoms with Crippen LogP contribution in [0.5, 0.6) is 5.75 Å². The highest BCUT2D eigenvalue weighted by Crippen LogP contribution is 2.40. The molecule has 37 heavy (non-hydrogen) atoms. The van der Waals surface area contributed by atoms with Crippen LogP contribution in [0.1, 0.15) is 6.42 Å². The zero-order valence-electron chi connectivity index (χ0n) is 21.2. The molecule has 9 heteroatoms. The number of fused-ring (bicyclic) bond motifs is 1. The first-order valence-corrected chi connectivity index (χ1v) is 12.1. The Balaban J connectivity index is 1.51. The molecule has 1 aliphatic heterocycles. The van der Waals surface area contributed by atoms with Gasteiger partial charge in [0.25, 0.3) is 0 Å². The molecule has 3 heterocycles. The predicted octanol–water partition coefficient (Wildman–Crippen LogP) is 4.74. The Morgan fingerprint density at radius 1 is 1.19 bits per heavy atom. The molecule has 190 valence electrons. The quantitative estimate of drug-likeness (QED) is 0.339. The van der Waals surface area contributed by atoms with Crippen LogP contribution in [0.4, 0.5) is 23.0 Å². The minimum atomic E-state index is -0.297. The van der Waals surface area contributed by atoms with Crippen molar-refractivity contribution in [3.63, 3.8) is 0 Å². The van der Waals surface area contributed by atoms with Gasteiger partial charge in [-0.25, -0.2) is 9.97 Å². The maximum Gasteiger partial charge on any atom is 0.247 e. The molecule has 0 aliphatic carbocycles. The fraction of sp³-hybridized carbons (Fsp3) is 0.250. The van der Waals surface area contributed by atoms with Gasteiger partial charge in [0.15, 0.2) is 0 Å². The maximum absolute atomic E-state index is 12.3. The fourth-order valence-electron chi connectivity index (χ4n) is 4.76. The lowest BCUT2D eigenvalue weighted by atomic mass is 10.1. The van der Waals surface area contributed by atoms with Crippen molar-refractivity contribution < 1.29 is 14.3 Å². The number of nitrogens with zero attached hydrogens (tertiary/aromatic N) is 4. The van der Waals surface area contributed by atoms with Crippen LogP contribution in [0.15, 0.2) is 67.5 Å². The molecule has 1 amide bonds. The Hall–Kier alpha value is -4.37. The SMILES string of the molecule is C=CC(=O)Nc1cc(Nc2nccc(-c3cn(C)c4ccccc34)n2)c(OC)cc1N1CCC(OC)C1. The largest absolute Gasteiger partial charge is 0.494 e. The summed E-state index contributed by atoms with van der Waals surface area (Å²) in [7, 11) is 5.35. The molecule has 2 aromatic heterocycles. The lowest BCUT2D eigenvalue weighted by molar-refractivity contribution is -0.111. The van der Waals surface area contributed by atoms with Crippen LogP contribution >= 0.6 is 0 Å². The van der Waals surface area contributed by atoms with Crippen LogP contribution < -0.4 is 20.3 Å². The minimum Gasteiger partial charge on any atom is -0.494 e. The molecule has 2 aromatic carbocycles. The number of aromatic nitrogens is 3. The first-order chi connectivity index (χ1) is 18.0. The zero-order chi connectivity index (χ0) is 25.9. The van der Waals surface area contributed by atoms with Gasteiger partial charge in [0.1, 0.15) is 5.75 Å². The van der Waals surface area contributed by atoms with E-state index in [0.29, 0.717) is 23.1 Å². The average Bonchev–Trinajstić information content (AvgIpc) is 3.54. The summed E-state index contributed by atoms with van der Waals surface area (Å²) in [5.41, 5.74) is 5.06. The summed E-state index contributed by atoms with van der Waals surface area (Å²) >= 11 is 0. The molecule has 0 radical (unpaired) electrons. The number of ether oxygens (including phenoxy) is 2. The predicted molar refractivity (Wildman–Crippen MR) is 147 cm³/mol. The van der Waals surface area contributed by atoms with Crippen LogP contribution in [0, 0.1) is 0 Å². The summed E-state index contributed by atoms with van der Waals surface area (Å²) in [4.78, 5) is 23.6. The molecule has 5 rings (SSSR count). The second-order valence-electron chi connectivity index (χ2n) is 8.92. The normalized spacial score (nSPS) is 15.1. The number of carbonyl (C=O) groups excluding carboxylic acids is 1. The Bertz CT molecular complexity index is 1460. The van der Waals surface area contributed by atoms with Crippen molar-refractivity contribution in [2.24, 2.45) is 7.05 Å². The summed E-state index contributed by atoms with van der Waals surface area (Å²) in [5.74, 6) is 0.721. The number of benzene rings is 2. The molecule has 1 unspecified atom stereocenters. The average molecular weight is 499 g/mol. The van der Waals surface area contributed by atoms with Gasteiger partial charge in [-0.15, -0.1) is 0 Å². The van der Waals surface area contributed by atoms with Crippen molar-refractivity contribution in [3.05, 3.63) is 67.5 Å². The van der Waals surface area contributed by atoms with Crippen molar-refractivity contribution in [3.8, 4) is 17.0 Å². The zero-order valence-corrected chi connectivity index (χ0v) is 21.2. The van der Waals surface area contributed by atoms with E-state index in [-0.39, 0.29) is 12.0 Å². The molecule has 1 saturated heterocycles. The number of hydrogen-bond donors (Lipinski definition) is 2. The van der Waals surface area contributed by atoms with Crippen molar-refractivity contribution in [2.45, 2.75) is 12.5 Å². The summed E-state index contributed by atoms with van der Waals surface area (Å²) in [6.07, 6.45) is 6.08. The van der Waals surface area contributed by atoms with Gasteiger partial charge in [0, 0.05) is 62.2 Å². The van der Waals surface area contributed by atoms with Crippen molar-refractivity contribution >= 4 is 39.8 Å². The molecule has 1 aliphatic rings. The molecule has 9 nitrogen and oxygen atoms in total. The minimum absolute atomic E-state index is 0.136. The second-order valence-corrected chi connectivity index (χ2v) is 8.92. The highest BCUT2D eigenvalue weighted by molar-refractivity contribution is 6.02. The highest BCUT2D eigenvalue weighted by atomic mass is 16.5. The number of para-hydroxylation sites is 1. The molecule has 0 saturated carbocycles. The third kappa shape index (κ3) is 4.85.